The highest BCUT2D eigenvalue weighted by molar-refractivity contribution is 9.14. The smallest absolute Gasteiger partial charge is 0.382 e. The standard InChI is InChI=1S/C16H20Br2O2/c1-2-3-4-5-6-7-8-9-10-11-14(17)15(18)12-13-16(19)20/h8-11H,2-7H2,1H3,(H,19,20). The SMILES string of the molecule is CCCCCCCC=CC=CC(Br)=C(Br)C#CC(=O)O. The number of unbranched alkanes of at least 4 members (excludes halogenated alkanes) is 5. The fraction of sp³-hybridized carbons (Fsp3) is 0.438. The molecule has 0 unspecified atom stereocenters. The maximum Gasteiger partial charge on any atom is 0.382 e. The maximum absolute atomic E-state index is 10.3. The van der Waals surface area contributed by atoms with Gasteiger partial charge in [0.25, 0.3) is 0 Å². The predicted octanol–water partition coefficient (Wildman–Crippen LogP) is 5.55. The molecule has 0 aliphatic carbocycles. The fourth-order valence-corrected chi connectivity index (χ4v) is 1.90. The van der Waals surface area contributed by atoms with E-state index in [2.05, 4.69) is 50.8 Å². The highest BCUT2D eigenvalue weighted by atomic mass is 79.9. The number of halogens is 2. The summed E-state index contributed by atoms with van der Waals surface area (Å²) >= 11 is 6.53. The van der Waals surface area contributed by atoms with Gasteiger partial charge in [-0.05, 0) is 56.7 Å². The van der Waals surface area contributed by atoms with Crippen LogP contribution in [0.3, 0.4) is 0 Å². The summed E-state index contributed by atoms with van der Waals surface area (Å²) in [6.07, 6.45) is 15.4. The first kappa shape index (κ1) is 19.2. The van der Waals surface area contributed by atoms with Crippen LogP contribution >= 0.6 is 31.9 Å². The van der Waals surface area contributed by atoms with Gasteiger partial charge in [0.05, 0.1) is 4.48 Å². The van der Waals surface area contributed by atoms with Crippen molar-refractivity contribution in [3.8, 4) is 11.8 Å². The van der Waals surface area contributed by atoms with Crippen LogP contribution in [0.15, 0.2) is 33.3 Å². The summed E-state index contributed by atoms with van der Waals surface area (Å²) < 4.78 is 1.24. The molecule has 0 heterocycles. The molecular weight excluding hydrogens is 384 g/mol. The van der Waals surface area contributed by atoms with Crippen molar-refractivity contribution in [2.45, 2.75) is 45.4 Å². The largest absolute Gasteiger partial charge is 0.472 e. The van der Waals surface area contributed by atoms with E-state index in [1.54, 1.807) is 0 Å². The van der Waals surface area contributed by atoms with Gasteiger partial charge >= 0.3 is 5.97 Å². The highest BCUT2D eigenvalue weighted by Crippen LogP contribution is 2.18. The third kappa shape index (κ3) is 12.3. The van der Waals surface area contributed by atoms with Crippen LogP contribution in [0.2, 0.25) is 0 Å². The summed E-state index contributed by atoms with van der Waals surface area (Å²) in [5.41, 5.74) is 0. The number of carboxylic acid groups (broad SMARTS) is 1. The molecule has 20 heavy (non-hydrogen) atoms. The van der Waals surface area contributed by atoms with Crippen LogP contribution < -0.4 is 0 Å². The molecule has 2 nitrogen and oxygen atoms in total. The van der Waals surface area contributed by atoms with Crippen LogP contribution in [-0.2, 0) is 4.79 Å². The van der Waals surface area contributed by atoms with Crippen LogP contribution in [0.25, 0.3) is 0 Å². The number of carboxylic acids is 1. The van der Waals surface area contributed by atoms with Crippen LogP contribution in [0, 0.1) is 11.8 Å². The summed E-state index contributed by atoms with van der Waals surface area (Å²) in [5, 5.41) is 8.43. The van der Waals surface area contributed by atoms with E-state index >= 15 is 0 Å². The molecule has 110 valence electrons. The number of rotatable bonds is 8. The van der Waals surface area contributed by atoms with Gasteiger partial charge in [-0.1, -0.05) is 50.8 Å². The van der Waals surface area contributed by atoms with Gasteiger partial charge in [0.2, 0.25) is 0 Å². The lowest BCUT2D eigenvalue weighted by Gasteiger charge is -1.95. The molecule has 0 aromatic carbocycles. The van der Waals surface area contributed by atoms with Crippen LogP contribution in [-0.4, -0.2) is 11.1 Å². The van der Waals surface area contributed by atoms with E-state index in [0.717, 1.165) is 10.9 Å². The Bertz CT molecular complexity index is 437. The van der Waals surface area contributed by atoms with Crippen LogP contribution in [0.5, 0.6) is 0 Å². The summed E-state index contributed by atoms with van der Waals surface area (Å²) in [5.74, 6) is 3.38. The summed E-state index contributed by atoms with van der Waals surface area (Å²) in [6, 6.07) is 0. The predicted molar refractivity (Wildman–Crippen MR) is 91.9 cm³/mol. The van der Waals surface area contributed by atoms with Crippen molar-refractivity contribution >= 4 is 37.8 Å². The van der Waals surface area contributed by atoms with Crippen LogP contribution in [0.4, 0.5) is 0 Å². The lowest BCUT2D eigenvalue weighted by Crippen LogP contribution is -1.86. The molecule has 1 N–H and O–H groups in total. The molecule has 0 aliphatic heterocycles. The molecule has 0 amide bonds. The van der Waals surface area contributed by atoms with Gasteiger partial charge in [0.15, 0.2) is 0 Å². The average molecular weight is 404 g/mol. The van der Waals surface area contributed by atoms with E-state index in [1.807, 2.05) is 24.1 Å². The Balaban J connectivity index is 4.02. The van der Waals surface area contributed by atoms with Gasteiger partial charge in [0, 0.05) is 10.4 Å². The zero-order chi connectivity index (χ0) is 15.2. The Morgan fingerprint density at radius 2 is 1.80 bits per heavy atom. The molecule has 0 rings (SSSR count). The second-order valence-corrected chi connectivity index (χ2v) is 5.85. The monoisotopic (exact) mass is 402 g/mol. The van der Waals surface area contributed by atoms with Crippen molar-refractivity contribution in [2.75, 3.05) is 0 Å². The van der Waals surface area contributed by atoms with E-state index in [4.69, 9.17) is 5.11 Å². The third-order valence-corrected chi connectivity index (χ3v) is 4.27. The topological polar surface area (TPSA) is 37.3 Å². The van der Waals surface area contributed by atoms with Crippen molar-refractivity contribution in [3.63, 3.8) is 0 Å². The number of allylic oxidation sites excluding steroid dienone is 6. The minimum absolute atomic E-state index is 0.518. The number of carbonyl (C=O) groups is 1. The van der Waals surface area contributed by atoms with Crippen molar-refractivity contribution in [3.05, 3.63) is 33.3 Å². The van der Waals surface area contributed by atoms with Gasteiger partial charge < -0.3 is 5.11 Å². The average Bonchev–Trinajstić information content (AvgIpc) is 2.42. The number of aliphatic carboxylic acids is 1. The van der Waals surface area contributed by atoms with Gasteiger partial charge in [-0.25, -0.2) is 4.79 Å². The Morgan fingerprint density at radius 1 is 1.10 bits per heavy atom. The van der Waals surface area contributed by atoms with E-state index in [9.17, 15) is 4.79 Å². The zero-order valence-corrected chi connectivity index (χ0v) is 14.8. The first-order chi connectivity index (χ1) is 9.57. The molecule has 0 radical (unpaired) electrons. The van der Waals surface area contributed by atoms with Crippen molar-refractivity contribution < 1.29 is 9.90 Å². The molecule has 0 aromatic rings. The molecule has 0 bridgehead atoms. The molecule has 0 saturated heterocycles. The quantitative estimate of drug-likeness (QED) is 0.327. The number of hydrogen-bond donors (Lipinski definition) is 1. The second kappa shape index (κ2) is 13.2. The Kier molecular flexibility index (Phi) is 12.7. The molecule has 0 aromatic heterocycles. The van der Waals surface area contributed by atoms with Crippen molar-refractivity contribution in [1.29, 1.82) is 0 Å². The highest BCUT2D eigenvalue weighted by Gasteiger charge is 1.93. The van der Waals surface area contributed by atoms with E-state index in [-0.39, 0.29) is 0 Å². The summed E-state index contributed by atoms with van der Waals surface area (Å²) in [6.45, 7) is 2.22. The van der Waals surface area contributed by atoms with E-state index < -0.39 is 5.97 Å². The maximum atomic E-state index is 10.3. The van der Waals surface area contributed by atoms with Gasteiger partial charge in [-0.3, -0.25) is 0 Å². The molecule has 0 saturated carbocycles. The lowest BCUT2D eigenvalue weighted by molar-refractivity contribution is -0.130. The summed E-state index contributed by atoms with van der Waals surface area (Å²) in [7, 11) is 0. The fourth-order valence-electron chi connectivity index (χ4n) is 1.42. The number of hydrogen-bond acceptors (Lipinski definition) is 1. The lowest BCUT2D eigenvalue weighted by atomic mass is 10.1. The Labute approximate surface area is 138 Å². The van der Waals surface area contributed by atoms with E-state index in [0.29, 0.717) is 4.48 Å². The van der Waals surface area contributed by atoms with Crippen LogP contribution in [0.1, 0.15) is 45.4 Å². The van der Waals surface area contributed by atoms with Gasteiger partial charge in [-0.2, -0.15) is 0 Å². The van der Waals surface area contributed by atoms with Crippen molar-refractivity contribution in [2.24, 2.45) is 0 Å². The third-order valence-electron chi connectivity index (χ3n) is 2.45. The van der Waals surface area contributed by atoms with Gasteiger partial charge in [-0.15, -0.1) is 0 Å². The minimum atomic E-state index is -1.14. The molecule has 0 aliphatic rings. The first-order valence-corrected chi connectivity index (χ1v) is 8.30. The zero-order valence-electron chi connectivity index (χ0n) is 11.7. The van der Waals surface area contributed by atoms with Crippen molar-refractivity contribution in [1.82, 2.24) is 0 Å². The Hall–Kier alpha value is -0.790. The first-order valence-electron chi connectivity index (χ1n) is 6.71. The molecule has 0 spiro atoms. The second-order valence-electron chi connectivity index (χ2n) is 4.21. The normalized spacial score (nSPS) is 12.3. The molecule has 4 heteroatoms. The molecule has 0 atom stereocenters. The van der Waals surface area contributed by atoms with E-state index in [1.165, 1.54) is 32.1 Å². The molecular formula is C16H20Br2O2. The summed E-state index contributed by atoms with van der Waals surface area (Å²) in [4.78, 5) is 10.3. The minimum Gasteiger partial charge on any atom is -0.472 e. The van der Waals surface area contributed by atoms with Gasteiger partial charge in [0.1, 0.15) is 0 Å². The Morgan fingerprint density at radius 3 is 2.45 bits per heavy atom. The molecule has 0 fully saturated rings.